The van der Waals surface area contributed by atoms with Gasteiger partial charge in [0.05, 0.1) is 6.04 Å². The average Bonchev–Trinajstić information content (AvgIpc) is 3.37. The molecule has 43 heavy (non-hydrogen) atoms. The van der Waals surface area contributed by atoms with Gasteiger partial charge < -0.3 is 48.3 Å². The lowest BCUT2D eigenvalue weighted by molar-refractivity contribution is -0.143. The van der Waals surface area contributed by atoms with Gasteiger partial charge in [0.2, 0.25) is 17.7 Å². The van der Waals surface area contributed by atoms with Gasteiger partial charge in [-0.15, -0.1) is 0 Å². The number of aromatic amines is 1. The normalized spacial score (nSPS) is 14.5. The Kier molecular flexibility index (Phi) is 13.4. The van der Waals surface area contributed by atoms with Crippen molar-refractivity contribution in [1.29, 1.82) is 0 Å². The van der Waals surface area contributed by atoms with Crippen LogP contribution in [0.5, 0.6) is 0 Å². The Balaban J connectivity index is 2.27. The fraction of sp³-hybridized carbons (Fsp3) is 0.500. The standard InChI is InChI=1S/C28H42N8O7/c1-3-15(2)23(26(41)34-20(27(42)43)10-11-22(37)38)36-25(40)21(13-16-14-33-19-9-5-4-7-17(16)19)35-24(39)18(29)8-6-12-32-28(30)31/h4-5,7,9,14-15,18,20-21,23,33H,3,6,8,10-13,29H2,1-2H3,(H,34,41)(H,35,39)(H,36,40)(H,37,38)(H,42,43)(H4,30,31,32). The van der Waals surface area contributed by atoms with Gasteiger partial charge in [-0.1, -0.05) is 38.5 Å². The Hall–Kier alpha value is -4.66. The van der Waals surface area contributed by atoms with E-state index >= 15 is 0 Å². The van der Waals surface area contributed by atoms with Crippen LogP contribution in [-0.2, 0) is 30.4 Å². The number of hydrogen-bond acceptors (Lipinski definition) is 7. The van der Waals surface area contributed by atoms with E-state index in [1.165, 1.54) is 0 Å². The van der Waals surface area contributed by atoms with Gasteiger partial charge in [0, 0.05) is 36.5 Å². The highest BCUT2D eigenvalue weighted by Gasteiger charge is 2.33. The molecule has 2 rings (SSSR count). The number of para-hydroxylation sites is 1. The number of aliphatic imine (C=N–C) groups is 1. The molecule has 5 unspecified atom stereocenters. The van der Waals surface area contributed by atoms with E-state index in [0.717, 1.165) is 16.5 Å². The summed E-state index contributed by atoms with van der Waals surface area (Å²) in [4.78, 5) is 69.5. The van der Waals surface area contributed by atoms with Crippen LogP contribution in [-0.4, -0.2) is 81.5 Å². The molecule has 0 aliphatic rings. The van der Waals surface area contributed by atoms with E-state index in [1.54, 1.807) is 20.0 Å². The number of carbonyl (C=O) groups excluding carboxylic acids is 3. The molecule has 0 aliphatic carbocycles. The van der Waals surface area contributed by atoms with Crippen molar-refractivity contribution in [3.8, 4) is 0 Å². The van der Waals surface area contributed by atoms with Crippen molar-refractivity contribution in [3.63, 3.8) is 0 Å². The molecule has 2 aromatic rings. The van der Waals surface area contributed by atoms with Crippen molar-refractivity contribution in [1.82, 2.24) is 20.9 Å². The second-order valence-electron chi connectivity index (χ2n) is 10.4. The monoisotopic (exact) mass is 602 g/mol. The number of carboxylic acid groups (broad SMARTS) is 2. The predicted molar refractivity (Wildman–Crippen MR) is 160 cm³/mol. The average molecular weight is 603 g/mol. The van der Waals surface area contributed by atoms with E-state index in [-0.39, 0.29) is 31.8 Å². The number of H-pyrrole nitrogens is 1. The highest BCUT2D eigenvalue weighted by atomic mass is 16.4. The summed E-state index contributed by atoms with van der Waals surface area (Å²) >= 11 is 0. The fourth-order valence-electron chi connectivity index (χ4n) is 4.40. The van der Waals surface area contributed by atoms with Crippen LogP contribution < -0.4 is 33.2 Å². The van der Waals surface area contributed by atoms with Crippen LogP contribution >= 0.6 is 0 Å². The summed E-state index contributed by atoms with van der Waals surface area (Å²) in [5, 5.41) is 27.0. The smallest absolute Gasteiger partial charge is 0.326 e. The maximum Gasteiger partial charge on any atom is 0.326 e. The van der Waals surface area contributed by atoms with Crippen molar-refractivity contribution >= 4 is 46.5 Å². The molecule has 3 amide bonds. The molecule has 0 saturated heterocycles. The van der Waals surface area contributed by atoms with Gasteiger partial charge in [0.1, 0.15) is 18.1 Å². The summed E-state index contributed by atoms with van der Waals surface area (Å²) in [6, 6.07) is 2.69. The number of aliphatic carboxylic acids is 2. The van der Waals surface area contributed by atoms with Crippen LogP contribution in [0.15, 0.2) is 35.5 Å². The predicted octanol–water partition coefficient (Wildman–Crippen LogP) is -0.459. The van der Waals surface area contributed by atoms with Crippen molar-refractivity contribution < 1.29 is 34.2 Å². The number of nitrogens with two attached hydrogens (primary N) is 3. The maximum absolute atomic E-state index is 13.7. The number of guanidine groups is 1. The van der Waals surface area contributed by atoms with E-state index in [1.807, 2.05) is 24.3 Å². The third kappa shape index (κ3) is 10.9. The molecule has 0 saturated carbocycles. The molecule has 1 aromatic carbocycles. The fourth-order valence-corrected chi connectivity index (χ4v) is 4.40. The highest BCUT2D eigenvalue weighted by Crippen LogP contribution is 2.20. The van der Waals surface area contributed by atoms with Gasteiger partial charge in [-0.25, -0.2) is 4.79 Å². The Morgan fingerprint density at radius 1 is 0.953 bits per heavy atom. The Bertz CT molecular complexity index is 1310. The van der Waals surface area contributed by atoms with Crippen molar-refractivity contribution in [2.75, 3.05) is 6.54 Å². The molecule has 0 bridgehead atoms. The van der Waals surface area contributed by atoms with Gasteiger partial charge in [-0.3, -0.25) is 24.2 Å². The minimum absolute atomic E-state index is 0.0630. The molecule has 5 atom stereocenters. The second-order valence-corrected chi connectivity index (χ2v) is 10.4. The van der Waals surface area contributed by atoms with Crippen LogP contribution in [0.1, 0.15) is 51.5 Å². The van der Waals surface area contributed by atoms with Crippen molar-refractivity contribution in [2.45, 2.75) is 76.5 Å². The summed E-state index contributed by atoms with van der Waals surface area (Å²) < 4.78 is 0. The SMILES string of the molecule is CCC(C)C(NC(=O)C(Cc1c[nH]c2ccccc12)NC(=O)C(N)CCCN=C(N)N)C(=O)NC(CCC(=O)O)C(=O)O. The van der Waals surface area contributed by atoms with Crippen LogP contribution in [0.25, 0.3) is 10.9 Å². The number of benzene rings is 1. The first-order chi connectivity index (χ1) is 20.3. The quantitative estimate of drug-likeness (QED) is 0.0602. The van der Waals surface area contributed by atoms with E-state index in [9.17, 15) is 29.1 Å². The zero-order valence-corrected chi connectivity index (χ0v) is 24.3. The van der Waals surface area contributed by atoms with Gasteiger partial charge in [0.15, 0.2) is 5.96 Å². The summed E-state index contributed by atoms with van der Waals surface area (Å²) in [6.07, 6.45) is 2.11. The number of nitrogens with one attached hydrogen (secondary N) is 4. The highest BCUT2D eigenvalue weighted by molar-refractivity contribution is 5.95. The lowest BCUT2D eigenvalue weighted by atomic mass is 9.96. The number of rotatable bonds is 18. The number of nitrogens with zero attached hydrogens (tertiary/aromatic N) is 1. The Labute approximate surface area is 249 Å². The maximum atomic E-state index is 13.7. The van der Waals surface area contributed by atoms with E-state index < -0.39 is 66.2 Å². The Morgan fingerprint density at radius 3 is 2.26 bits per heavy atom. The van der Waals surface area contributed by atoms with E-state index in [0.29, 0.717) is 12.8 Å². The molecule has 0 spiro atoms. The zero-order valence-electron chi connectivity index (χ0n) is 24.3. The van der Waals surface area contributed by atoms with Crippen molar-refractivity contribution in [2.24, 2.45) is 28.1 Å². The minimum Gasteiger partial charge on any atom is -0.481 e. The molecular formula is C28H42N8O7. The largest absolute Gasteiger partial charge is 0.481 e. The first-order valence-corrected chi connectivity index (χ1v) is 14.1. The number of hydrogen-bond donors (Lipinski definition) is 9. The lowest BCUT2D eigenvalue weighted by Gasteiger charge is -2.28. The first kappa shape index (κ1) is 34.5. The summed E-state index contributed by atoms with van der Waals surface area (Å²) in [6.45, 7) is 3.78. The molecule has 0 fully saturated rings. The number of carbonyl (C=O) groups is 5. The molecule has 236 valence electrons. The number of amides is 3. The first-order valence-electron chi connectivity index (χ1n) is 14.1. The summed E-state index contributed by atoms with van der Waals surface area (Å²) in [5.74, 6) is -5.17. The number of carboxylic acids is 2. The third-order valence-corrected chi connectivity index (χ3v) is 7.09. The number of aromatic nitrogens is 1. The molecule has 0 radical (unpaired) electrons. The molecule has 1 aromatic heterocycles. The van der Waals surface area contributed by atoms with Gasteiger partial charge in [-0.2, -0.15) is 0 Å². The van der Waals surface area contributed by atoms with Crippen molar-refractivity contribution in [3.05, 3.63) is 36.0 Å². The van der Waals surface area contributed by atoms with Crippen LogP contribution in [0, 0.1) is 5.92 Å². The molecule has 15 nitrogen and oxygen atoms in total. The molecule has 1 heterocycles. The molecule has 15 heteroatoms. The third-order valence-electron chi connectivity index (χ3n) is 7.09. The van der Waals surface area contributed by atoms with Gasteiger partial charge in [-0.05, 0) is 36.8 Å². The topological polar surface area (TPSA) is 268 Å². The van der Waals surface area contributed by atoms with E-state index in [2.05, 4.69) is 25.9 Å². The number of fused-ring (bicyclic) bond motifs is 1. The second kappa shape index (κ2) is 16.7. The summed E-state index contributed by atoms with van der Waals surface area (Å²) in [7, 11) is 0. The molecule has 12 N–H and O–H groups in total. The van der Waals surface area contributed by atoms with E-state index in [4.69, 9.17) is 22.3 Å². The molecule has 0 aliphatic heterocycles. The Morgan fingerprint density at radius 2 is 1.63 bits per heavy atom. The van der Waals surface area contributed by atoms with Gasteiger partial charge in [0.25, 0.3) is 0 Å². The van der Waals surface area contributed by atoms with Gasteiger partial charge >= 0.3 is 11.9 Å². The minimum atomic E-state index is -1.47. The van der Waals surface area contributed by atoms with Crippen LogP contribution in [0.2, 0.25) is 0 Å². The van der Waals surface area contributed by atoms with Crippen LogP contribution in [0.4, 0.5) is 0 Å². The molecular weight excluding hydrogens is 560 g/mol. The van der Waals surface area contributed by atoms with Crippen LogP contribution in [0.3, 0.4) is 0 Å². The zero-order chi connectivity index (χ0) is 32.1. The summed E-state index contributed by atoms with van der Waals surface area (Å²) in [5.41, 5.74) is 18.3. The lowest BCUT2D eigenvalue weighted by Crippen LogP contribution is -2.59.